The van der Waals surface area contributed by atoms with Gasteiger partial charge in [0.1, 0.15) is 0 Å². The number of nitrogens with two attached hydrogens (primary N) is 1. The van der Waals surface area contributed by atoms with Gasteiger partial charge in [-0.05, 0) is 49.5 Å². The Morgan fingerprint density at radius 3 is 2.29 bits per heavy atom. The summed E-state index contributed by atoms with van der Waals surface area (Å²) in [4.78, 5) is 0. The normalized spacial score (nSPS) is 27.6. The molecule has 1 fully saturated rings. The molecule has 2 heteroatoms. The van der Waals surface area contributed by atoms with E-state index in [1.54, 1.807) is 0 Å². The van der Waals surface area contributed by atoms with Crippen LogP contribution in [-0.2, 0) is 0 Å². The van der Waals surface area contributed by atoms with E-state index in [0.717, 1.165) is 36.8 Å². The molecule has 1 aliphatic rings. The molecule has 21 heavy (non-hydrogen) atoms. The van der Waals surface area contributed by atoms with Crippen molar-refractivity contribution in [3.63, 3.8) is 0 Å². The van der Waals surface area contributed by atoms with Gasteiger partial charge in [0.25, 0.3) is 0 Å². The van der Waals surface area contributed by atoms with Crippen LogP contribution in [0.15, 0.2) is 0 Å². The summed E-state index contributed by atoms with van der Waals surface area (Å²) in [7, 11) is 0. The molecular formula is C19H40N2. The van der Waals surface area contributed by atoms with Gasteiger partial charge in [0.2, 0.25) is 0 Å². The Morgan fingerprint density at radius 1 is 1.10 bits per heavy atom. The predicted octanol–water partition coefficient (Wildman–Crippen LogP) is 4.58. The Bertz CT molecular complexity index is 267. The minimum atomic E-state index is 0.213. The maximum Gasteiger partial charge on any atom is 0.0304 e. The van der Waals surface area contributed by atoms with Gasteiger partial charge in [-0.2, -0.15) is 0 Å². The molecule has 1 saturated carbocycles. The van der Waals surface area contributed by atoms with Crippen molar-refractivity contribution in [2.75, 3.05) is 13.1 Å². The number of hydrogen-bond donors (Lipinski definition) is 2. The molecule has 0 heterocycles. The van der Waals surface area contributed by atoms with E-state index in [2.05, 4.69) is 39.9 Å². The zero-order valence-corrected chi connectivity index (χ0v) is 15.3. The fourth-order valence-corrected chi connectivity index (χ4v) is 4.20. The van der Waals surface area contributed by atoms with Gasteiger partial charge in [-0.15, -0.1) is 0 Å². The third-order valence-corrected chi connectivity index (χ3v) is 5.81. The summed E-state index contributed by atoms with van der Waals surface area (Å²) in [5.41, 5.74) is 6.42. The second-order valence-corrected chi connectivity index (χ2v) is 8.10. The van der Waals surface area contributed by atoms with Crippen LogP contribution in [0, 0.1) is 23.7 Å². The van der Waals surface area contributed by atoms with Gasteiger partial charge in [-0.25, -0.2) is 0 Å². The first kappa shape index (κ1) is 19.0. The summed E-state index contributed by atoms with van der Waals surface area (Å²) < 4.78 is 0. The van der Waals surface area contributed by atoms with Gasteiger partial charge < -0.3 is 11.1 Å². The molecule has 0 spiro atoms. The highest BCUT2D eigenvalue weighted by molar-refractivity contribution is 4.93. The molecule has 2 atom stereocenters. The Balaban J connectivity index is 2.59. The van der Waals surface area contributed by atoms with Crippen LogP contribution < -0.4 is 11.1 Å². The zero-order valence-electron chi connectivity index (χ0n) is 15.3. The second kappa shape index (κ2) is 9.15. The van der Waals surface area contributed by atoms with E-state index in [0.29, 0.717) is 0 Å². The summed E-state index contributed by atoms with van der Waals surface area (Å²) in [6.45, 7) is 13.7. The van der Waals surface area contributed by atoms with Crippen LogP contribution in [0.4, 0.5) is 0 Å². The first-order valence-electron chi connectivity index (χ1n) is 9.39. The molecule has 2 nitrogen and oxygen atoms in total. The third kappa shape index (κ3) is 5.90. The molecule has 0 aliphatic heterocycles. The molecule has 3 N–H and O–H groups in total. The maximum atomic E-state index is 6.20. The number of nitrogens with one attached hydrogen (secondary N) is 1. The quantitative estimate of drug-likeness (QED) is 0.643. The summed E-state index contributed by atoms with van der Waals surface area (Å²) in [6, 6.07) is 0. The number of rotatable bonds is 8. The average molecular weight is 297 g/mol. The van der Waals surface area contributed by atoms with Gasteiger partial charge >= 0.3 is 0 Å². The molecule has 1 aliphatic carbocycles. The van der Waals surface area contributed by atoms with Crippen molar-refractivity contribution in [1.29, 1.82) is 0 Å². The standard InChI is InChI=1S/C19H40N2/c1-6-8-17-9-7-11-19(14-20,12-10-17)21-13-18(15(2)3)16(4)5/h15-18,21H,6-14,20H2,1-5H3. The SMILES string of the molecule is CCCC1CCCC(CN)(NCC(C(C)C)C(C)C)CC1. The molecule has 0 amide bonds. The predicted molar refractivity (Wildman–Crippen MR) is 94.4 cm³/mol. The van der Waals surface area contributed by atoms with Gasteiger partial charge in [-0.3, -0.25) is 0 Å². The van der Waals surface area contributed by atoms with E-state index < -0.39 is 0 Å². The Morgan fingerprint density at radius 2 is 1.76 bits per heavy atom. The van der Waals surface area contributed by atoms with Crippen molar-refractivity contribution >= 4 is 0 Å². The topological polar surface area (TPSA) is 38.0 Å². The van der Waals surface area contributed by atoms with Gasteiger partial charge in [0.05, 0.1) is 0 Å². The molecule has 1 rings (SSSR count). The Labute approximate surface area is 133 Å². The monoisotopic (exact) mass is 296 g/mol. The van der Waals surface area contributed by atoms with Crippen LogP contribution in [0.1, 0.15) is 79.6 Å². The van der Waals surface area contributed by atoms with Crippen molar-refractivity contribution in [3.8, 4) is 0 Å². The molecule has 0 radical (unpaired) electrons. The van der Waals surface area contributed by atoms with Gasteiger partial charge in [0.15, 0.2) is 0 Å². The molecule has 0 aromatic rings. The fraction of sp³-hybridized carbons (Fsp3) is 1.00. The van der Waals surface area contributed by atoms with E-state index in [-0.39, 0.29) is 5.54 Å². The molecular weight excluding hydrogens is 256 g/mol. The Hall–Kier alpha value is -0.0800. The summed E-state index contributed by atoms with van der Waals surface area (Å²) >= 11 is 0. The highest BCUT2D eigenvalue weighted by atomic mass is 15.0. The molecule has 126 valence electrons. The molecule has 0 saturated heterocycles. The fourth-order valence-electron chi connectivity index (χ4n) is 4.20. The highest BCUT2D eigenvalue weighted by Gasteiger charge is 2.32. The highest BCUT2D eigenvalue weighted by Crippen LogP contribution is 2.33. The molecule has 2 unspecified atom stereocenters. The lowest BCUT2D eigenvalue weighted by Gasteiger charge is -2.36. The third-order valence-electron chi connectivity index (χ3n) is 5.81. The largest absolute Gasteiger partial charge is 0.329 e. The van der Waals surface area contributed by atoms with Crippen LogP contribution >= 0.6 is 0 Å². The van der Waals surface area contributed by atoms with Crippen molar-refractivity contribution in [3.05, 3.63) is 0 Å². The molecule has 0 aromatic heterocycles. The van der Waals surface area contributed by atoms with E-state index in [9.17, 15) is 0 Å². The first-order valence-corrected chi connectivity index (χ1v) is 9.39. The molecule has 0 aromatic carbocycles. The van der Waals surface area contributed by atoms with Crippen LogP contribution in [0.25, 0.3) is 0 Å². The van der Waals surface area contributed by atoms with Gasteiger partial charge in [-0.1, -0.05) is 60.3 Å². The summed E-state index contributed by atoms with van der Waals surface area (Å²) in [5, 5.41) is 3.93. The minimum absolute atomic E-state index is 0.213. The second-order valence-electron chi connectivity index (χ2n) is 8.10. The van der Waals surface area contributed by atoms with Crippen LogP contribution in [0.5, 0.6) is 0 Å². The Kier molecular flexibility index (Phi) is 8.26. The van der Waals surface area contributed by atoms with E-state index in [1.165, 1.54) is 44.9 Å². The van der Waals surface area contributed by atoms with Crippen LogP contribution in [-0.4, -0.2) is 18.6 Å². The lowest BCUT2D eigenvalue weighted by molar-refractivity contribution is 0.215. The van der Waals surface area contributed by atoms with E-state index >= 15 is 0 Å². The summed E-state index contributed by atoms with van der Waals surface area (Å²) in [6.07, 6.45) is 9.41. The van der Waals surface area contributed by atoms with E-state index in [1.807, 2.05) is 0 Å². The minimum Gasteiger partial charge on any atom is -0.329 e. The van der Waals surface area contributed by atoms with Crippen molar-refractivity contribution in [1.82, 2.24) is 5.32 Å². The van der Waals surface area contributed by atoms with Crippen molar-refractivity contribution in [2.24, 2.45) is 29.4 Å². The first-order chi connectivity index (χ1) is 9.94. The lowest BCUT2D eigenvalue weighted by atomic mass is 9.83. The number of hydrogen-bond acceptors (Lipinski definition) is 2. The van der Waals surface area contributed by atoms with Crippen molar-refractivity contribution in [2.45, 2.75) is 85.1 Å². The lowest BCUT2D eigenvalue weighted by Crippen LogP contribution is -2.53. The maximum absolute atomic E-state index is 6.20. The smallest absolute Gasteiger partial charge is 0.0304 e. The zero-order chi connectivity index (χ0) is 15.9. The van der Waals surface area contributed by atoms with Crippen LogP contribution in [0.2, 0.25) is 0 Å². The van der Waals surface area contributed by atoms with Crippen LogP contribution in [0.3, 0.4) is 0 Å². The van der Waals surface area contributed by atoms with Gasteiger partial charge in [0, 0.05) is 12.1 Å². The summed E-state index contributed by atoms with van der Waals surface area (Å²) in [5.74, 6) is 3.18. The average Bonchev–Trinajstić information content (AvgIpc) is 2.62. The van der Waals surface area contributed by atoms with E-state index in [4.69, 9.17) is 5.73 Å². The van der Waals surface area contributed by atoms with Crippen molar-refractivity contribution < 1.29 is 0 Å². The molecule has 0 bridgehead atoms.